The molecular formula is C16H17N7O2. The molecule has 3 aromatic rings. The number of rotatable bonds is 4. The zero-order chi connectivity index (χ0) is 17.2. The Balaban J connectivity index is 1.55. The van der Waals surface area contributed by atoms with Crippen molar-refractivity contribution in [3.63, 3.8) is 0 Å². The van der Waals surface area contributed by atoms with Crippen molar-refractivity contribution in [1.82, 2.24) is 30.7 Å². The highest BCUT2D eigenvalue weighted by molar-refractivity contribution is 6.03. The van der Waals surface area contributed by atoms with Gasteiger partial charge in [0.2, 0.25) is 5.95 Å². The van der Waals surface area contributed by atoms with Gasteiger partial charge in [-0.25, -0.2) is 0 Å². The standard InChI is InChI=1S/C16H17N7O2/c1-25-12-5-3-2-4-9(12)14-18-16(23-22-14)19-15(24)13-10-8-17-7-6-11(10)20-21-13/h2-5,17H,6-8H2,1H3,(H,20,21)(H2,18,19,22,23,24). The molecule has 3 heterocycles. The van der Waals surface area contributed by atoms with E-state index in [1.54, 1.807) is 7.11 Å². The smallest absolute Gasteiger partial charge is 0.278 e. The summed E-state index contributed by atoms with van der Waals surface area (Å²) in [4.78, 5) is 16.8. The number of para-hydroxylation sites is 1. The topological polar surface area (TPSA) is 121 Å². The fourth-order valence-electron chi connectivity index (χ4n) is 2.85. The summed E-state index contributed by atoms with van der Waals surface area (Å²) in [5, 5.41) is 19.8. The van der Waals surface area contributed by atoms with Crippen molar-refractivity contribution in [3.8, 4) is 17.1 Å². The van der Waals surface area contributed by atoms with E-state index in [0.717, 1.165) is 29.8 Å². The van der Waals surface area contributed by atoms with Crippen LogP contribution in [-0.4, -0.2) is 44.9 Å². The molecule has 9 heteroatoms. The number of H-pyrrole nitrogens is 2. The number of methoxy groups -OCH3 is 1. The third-order valence-electron chi connectivity index (χ3n) is 4.09. The summed E-state index contributed by atoms with van der Waals surface area (Å²) < 4.78 is 5.32. The van der Waals surface area contributed by atoms with Crippen molar-refractivity contribution in [2.45, 2.75) is 13.0 Å². The molecule has 25 heavy (non-hydrogen) atoms. The lowest BCUT2D eigenvalue weighted by molar-refractivity contribution is 0.102. The van der Waals surface area contributed by atoms with Crippen LogP contribution in [0.25, 0.3) is 11.4 Å². The van der Waals surface area contributed by atoms with E-state index < -0.39 is 0 Å². The van der Waals surface area contributed by atoms with Crippen LogP contribution in [0.2, 0.25) is 0 Å². The third kappa shape index (κ3) is 2.85. The summed E-state index contributed by atoms with van der Waals surface area (Å²) >= 11 is 0. The molecular weight excluding hydrogens is 322 g/mol. The molecule has 0 bridgehead atoms. The Morgan fingerprint density at radius 2 is 2.12 bits per heavy atom. The summed E-state index contributed by atoms with van der Waals surface area (Å²) in [5.41, 5.74) is 3.02. The number of benzene rings is 1. The van der Waals surface area contributed by atoms with Crippen LogP contribution in [0.15, 0.2) is 24.3 Å². The maximum Gasteiger partial charge on any atom is 0.278 e. The number of amides is 1. The van der Waals surface area contributed by atoms with Crippen molar-refractivity contribution in [1.29, 1.82) is 0 Å². The Bertz CT molecular complexity index is 915. The normalized spacial score (nSPS) is 13.3. The Hall–Kier alpha value is -3.20. The maximum absolute atomic E-state index is 12.5. The number of ether oxygens (including phenoxy) is 1. The molecule has 0 saturated carbocycles. The quantitative estimate of drug-likeness (QED) is 0.565. The van der Waals surface area contributed by atoms with Gasteiger partial charge >= 0.3 is 0 Å². The van der Waals surface area contributed by atoms with Crippen molar-refractivity contribution >= 4 is 11.9 Å². The van der Waals surface area contributed by atoms with Gasteiger partial charge in [-0.15, -0.1) is 5.10 Å². The lowest BCUT2D eigenvalue weighted by Crippen LogP contribution is -2.25. The van der Waals surface area contributed by atoms with E-state index in [0.29, 0.717) is 23.8 Å². The minimum absolute atomic E-state index is 0.187. The zero-order valence-electron chi connectivity index (χ0n) is 13.6. The summed E-state index contributed by atoms with van der Waals surface area (Å²) in [5.74, 6) is 1.03. The number of aromatic amines is 2. The first-order chi connectivity index (χ1) is 12.3. The predicted molar refractivity (Wildman–Crippen MR) is 90.3 cm³/mol. The Morgan fingerprint density at radius 3 is 3.00 bits per heavy atom. The van der Waals surface area contributed by atoms with E-state index in [1.165, 1.54) is 0 Å². The van der Waals surface area contributed by atoms with Crippen LogP contribution in [0.4, 0.5) is 5.95 Å². The molecule has 0 atom stereocenters. The number of fused-ring (bicyclic) bond motifs is 1. The second kappa shape index (κ2) is 6.36. The Kier molecular flexibility index (Phi) is 3.90. The monoisotopic (exact) mass is 339 g/mol. The molecule has 1 aromatic carbocycles. The van der Waals surface area contributed by atoms with Crippen LogP contribution in [0.1, 0.15) is 21.7 Å². The molecule has 0 unspecified atom stereocenters. The molecule has 1 aliphatic rings. The van der Waals surface area contributed by atoms with Crippen molar-refractivity contribution < 1.29 is 9.53 Å². The van der Waals surface area contributed by atoms with Gasteiger partial charge < -0.3 is 10.1 Å². The number of nitrogens with zero attached hydrogens (tertiary/aromatic N) is 3. The first kappa shape index (κ1) is 15.3. The predicted octanol–water partition coefficient (Wildman–Crippen LogP) is 1.10. The second-order valence-corrected chi connectivity index (χ2v) is 5.62. The van der Waals surface area contributed by atoms with Crippen molar-refractivity contribution in [2.24, 2.45) is 0 Å². The molecule has 128 valence electrons. The lowest BCUT2D eigenvalue weighted by Gasteiger charge is -2.12. The largest absolute Gasteiger partial charge is 0.496 e. The van der Waals surface area contributed by atoms with Crippen LogP contribution in [-0.2, 0) is 13.0 Å². The minimum atomic E-state index is -0.341. The SMILES string of the molecule is COc1ccccc1-c1nc(NC(=O)c2n[nH]c3c2CNCC3)n[nH]1. The number of carbonyl (C=O) groups is 1. The third-order valence-corrected chi connectivity index (χ3v) is 4.09. The molecule has 9 nitrogen and oxygen atoms in total. The second-order valence-electron chi connectivity index (χ2n) is 5.62. The number of hydrogen-bond donors (Lipinski definition) is 4. The van der Waals surface area contributed by atoms with Crippen molar-refractivity contribution in [3.05, 3.63) is 41.2 Å². The van der Waals surface area contributed by atoms with Crippen LogP contribution in [0.3, 0.4) is 0 Å². The molecule has 0 fully saturated rings. The summed E-state index contributed by atoms with van der Waals surface area (Å²) in [6.45, 7) is 1.49. The van der Waals surface area contributed by atoms with Gasteiger partial charge in [0.05, 0.1) is 12.7 Å². The van der Waals surface area contributed by atoms with Crippen LogP contribution < -0.4 is 15.4 Å². The van der Waals surface area contributed by atoms with E-state index in [2.05, 4.69) is 36.0 Å². The molecule has 1 aliphatic heterocycles. The van der Waals surface area contributed by atoms with Gasteiger partial charge in [-0.05, 0) is 12.1 Å². The number of nitrogens with one attached hydrogen (secondary N) is 4. The van der Waals surface area contributed by atoms with Gasteiger partial charge in [-0.1, -0.05) is 12.1 Å². The zero-order valence-corrected chi connectivity index (χ0v) is 13.6. The average molecular weight is 339 g/mol. The number of aromatic nitrogens is 5. The average Bonchev–Trinajstić information content (AvgIpc) is 3.28. The van der Waals surface area contributed by atoms with E-state index in [-0.39, 0.29) is 11.9 Å². The highest BCUT2D eigenvalue weighted by atomic mass is 16.5. The molecule has 1 amide bonds. The highest BCUT2D eigenvalue weighted by Gasteiger charge is 2.22. The molecule has 4 N–H and O–H groups in total. The van der Waals surface area contributed by atoms with Gasteiger partial charge in [0.25, 0.3) is 5.91 Å². The van der Waals surface area contributed by atoms with Gasteiger partial charge in [-0.2, -0.15) is 10.1 Å². The molecule has 0 spiro atoms. The number of carbonyl (C=O) groups excluding carboxylic acids is 1. The molecule has 2 aromatic heterocycles. The maximum atomic E-state index is 12.5. The van der Waals surface area contributed by atoms with E-state index >= 15 is 0 Å². The molecule has 0 radical (unpaired) electrons. The van der Waals surface area contributed by atoms with Crippen molar-refractivity contribution in [2.75, 3.05) is 19.0 Å². The van der Waals surface area contributed by atoms with Crippen LogP contribution in [0, 0.1) is 0 Å². The number of hydrogen-bond acceptors (Lipinski definition) is 6. The van der Waals surface area contributed by atoms with Gasteiger partial charge in [-0.3, -0.25) is 20.3 Å². The van der Waals surface area contributed by atoms with E-state index in [9.17, 15) is 4.79 Å². The number of anilines is 1. The lowest BCUT2D eigenvalue weighted by atomic mass is 10.1. The van der Waals surface area contributed by atoms with E-state index in [4.69, 9.17) is 4.74 Å². The van der Waals surface area contributed by atoms with Gasteiger partial charge in [0.1, 0.15) is 5.75 Å². The summed E-state index contributed by atoms with van der Waals surface area (Å²) in [6, 6.07) is 7.44. The molecule has 0 aliphatic carbocycles. The fourth-order valence-corrected chi connectivity index (χ4v) is 2.85. The summed E-state index contributed by atoms with van der Waals surface area (Å²) in [7, 11) is 1.59. The van der Waals surface area contributed by atoms with Gasteiger partial charge in [0.15, 0.2) is 11.5 Å². The van der Waals surface area contributed by atoms with Crippen LogP contribution in [0.5, 0.6) is 5.75 Å². The fraction of sp³-hybridized carbons (Fsp3) is 0.250. The summed E-state index contributed by atoms with van der Waals surface area (Å²) in [6.07, 6.45) is 0.828. The first-order valence-electron chi connectivity index (χ1n) is 7.90. The van der Waals surface area contributed by atoms with E-state index in [1.807, 2.05) is 24.3 Å². The highest BCUT2D eigenvalue weighted by Crippen LogP contribution is 2.27. The van der Waals surface area contributed by atoms with Crippen LogP contribution >= 0.6 is 0 Å². The molecule has 4 rings (SSSR count). The first-order valence-corrected chi connectivity index (χ1v) is 7.90. The van der Waals surface area contributed by atoms with Gasteiger partial charge in [0, 0.05) is 30.8 Å². The Labute approximate surface area is 143 Å². The molecule has 0 saturated heterocycles. The Morgan fingerprint density at radius 1 is 1.24 bits per heavy atom. The minimum Gasteiger partial charge on any atom is -0.496 e.